The summed E-state index contributed by atoms with van der Waals surface area (Å²) in [4.78, 5) is 16.5. The highest BCUT2D eigenvalue weighted by Gasteiger charge is 2.16. The topological polar surface area (TPSA) is 35.6 Å². The number of fused-ring (bicyclic) bond motifs is 1. The van der Waals surface area contributed by atoms with Crippen molar-refractivity contribution in [1.29, 1.82) is 0 Å². The van der Waals surface area contributed by atoms with Crippen LogP contribution in [0.4, 0.5) is 0 Å². The molecule has 130 valence electrons. The number of hydrogen-bond acceptors (Lipinski definition) is 3. The second-order valence-corrected chi connectivity index (χ2v) is 6.26. The third-order valence-corrected chi connectivity index (χ3v) is 4.50. The maximum Gasteiger partial charge on any atom is 0.223 e. The summed E-state index contributed by atoms with van der Waals surface area (Å²) in [6, 6.07) is 14.9. The third-order valence-electron chi connectivity index (χ3n) is 4.50. The molecule has 0 aromatic heterocycles. The molecule has 1 N–H and O–H groups in total. The number of nitrogens with zero attached hydrogens (tertiary/aromatic N) is 2. The summed E-state index contributed by atoms with van der Waals surface area (Å²) in [7, 11) is 2.09. The molecule has 1 heterocycles. The Morgan fingerprint density at radius 2 is 1.83 bits per heavy atom. The van der Waals surface area contributed by atoms with Crippen LogP contribution < -0.4 is 5.32 Å². The summed E-state index contributed by atoms with van der Waals surface area (Å²) < 4.78 is 0. The standard InChI is InChI=1S/C19H25N3O.ClH/c1-21(12-9-19(23)22-13-10-20-11-14-22)15-17-7-4-6-16-5-2-3-8-18(16)17;/h2-8,20H,9-15H2,1H3;1H. The molecule has 5 heteroatoms. The van der Waals surface area contributed by atoms with Crippen molar-refractivity contribution in [2.45, 2.75) is 13.0 Å². The van der Waals surface area contributed by atoms with Gasteiger partial charge >= 0.3 is 0 Å². The Morgan fingerprint density at radius 1 is 1.12 bits per heavy atom. The molecular weight excluding hydrogens is 322 g/mol. The average molecular weight is 348 g/mol. The molecule has 1 aliphatic rings. The first kappa shape index (κ1) is 18.7. The Kier molecular flexibility index (Phi) is 7.03. The predicted molar refractivity (Wildman–Crippen MR) is 102 cm³/mol. The lowest BCUT2D eigenvalue weighted by molar-refractivity contribution is -0.132. The zero-order valence-electron chi connectivity index (χ0n) is 14.2. The van der Waals surface area contributed by atoms with Crippen LogP contribution in [0.25, 0.3) is 10.8 Å². The van der Waals surface area contributed by atoms with Crippen molar-refractivity contribution in [3.8, 4) is 0 Å². The van der Waals surface area contributed by atoms with Gasteiger partial charge in [0.15, 0.2) is 0 Å². The van der Waals surface area contributed by atoms with Crippen molar-refractivity contribution >= 4 is 29.1 Å². The van der Waals surface area contributed by atoms with Crippen molar-refractivity contribution in [2.24, 2.45) is 0 Å². The zero-order chi connectivity index (χ0) is 16.1. The smallest absolute Gasteiger partial charge is 0.223 e. The van der Waals surface area contributed by atoms with Gasteiger partial charge in [-0.2, -0.15) is 0 Å². The number of benzene rings is 2. The van der Waals surface area contributed by atoms with Crippen molar-refractivity contribution < 1.29 is 4.79 Å². The molecule has 2 aromatic rings. The number of piperazine rings is 1. The van der Waals surface area contributed by atoms with E-state index in [2.05, 4.69) is 59.7 Å². The van der Waals surface area contributed by atoms with Gasteiger partial charge in [-0.1, -0.05) is 42.5 Å². The van der Waals surface area contributed by atoms with Gasteiger partial charge in [-0.3, -0.25) is 4.79 Å². The molecule has 24 heavy (non-hydrogen) atoms. The van der Waals surface area contributed by atoms with E-state index >= 15 is 0 Å². The van der Waals surface area contributed by atoms with Gasteiger partial charge in [0.05, 0.1) is 0 Å². The molecule has 3 rings (SSSR count). The monoisotopic (exact) mass is 347 g/mol. The van der Waals surface area contributed by atoms with Crippen LogP contribution in [0.15, 0.2) is 42.5 Å². The second-order valence-electron chi connectivity index (χ2n) is 6.26. The molecule has 4 nitrogen and oxygen atoms in total. The Hall–Kier alpha value is -1.62. The van der Waals surface area contributed by atoms with E-state index in [-0.39, 0.29) is 18.3 Å². The van der Waals surface area contributed by atoms with E-state index in [4.69, 9.17) is 0 Å². The highest BCUT2D eigenvalue weighted by molar-refractivity contribution is 5.86. The Bertz CT molecular complexity index is 665. The number of carbonyl (C=O) groups is 1. The molecule has 0 atom stereocenters. The first-order chi connectivity index (χ1) is 11.2. The van der Waals surface area contributed by atoms with Crippen molar-refractivity contribution in [3.05, 3.63) is 48.0 Å². The van der Waals surface area contributed by atoms with Gasteiger partial charge in [-0.25, -0.2) is 0 Å². The minimum atomic E-state index is 0. The average Bonchev–Trinajstić information content (AvgIpc) is 2.61. The number of rotatable bonds is 5. The first-order valence-electron chi connectivity index (χ1n) is 8.38. The van der Waals surface area contributed by atoms with Crippen LogP contribution in [0.2, 0.25) is 0 Å². The van der Waals surface area contributed by atoms with Crippen molar-refractivity contribution in [3.63, 3.8) is 0 Å². The summed E-state index contributed by atoms with van der Waals surface area (Å²) in [5, 5.41) is 5.85. The molecule has 0 unspecified atom stereocenters. The van der Waals surface area contributed by atoms with Crippen LogP contribution in [-0.2, 0) is 11.3 Å². The van der Waals surface area contributed by atoms with Crippen molar-refractivity contribution in [1.82, 2.24) is 15.1 Å². The van der Waals surface area contributed by atoms with Gasteiger partial charge in [0.2, 0.25) is 5.91 Å². The highest BCUT2D eigenvalue weighted by Crippen LogP contribution is 2.19. The third kappa shape index (κ3) is 4.69. The first-order valence-corrected chi connectivity index (χ1v) is 8.38. The number of halogens is 1. The van der Waals surface area contributed by atoms with E-state index in [9.17, 15) is 4.79 Å². The molecule has 0 bridgehead atoms. The molecule has 0 radical (unpaired) electrons. The molecule has 1 amide bonds. The van der Waals surface area contributed by atoms with Crippen LogP contribution in [0.3, 0.4) is 0 Å². The fraction of sp³-hybridized carbons (Fsp3) is 0.421. The molecular formula is C19H26ClN3O. The van der Waals surface area contributed by atoms with Gasteiger partial charge in [0.1, 0.15) is 0 Å². The molecule has 1 aliphatic heterocycles. The van der Waals surface area contributed by atoms with Crippen LogP contribution in [0.5, 0.6) is 0 Å². The SMILES string of the molecule is CN(CCC(=O)N1CCNCC1)Cc1cccc2ccccc12.Cl. The Labute approximate surface area is 150 Å². The van der Waals surface area contributed by atoms with E-state index in [0.29, 0.717) is 6.42 Å². The Morgan fingerprint density at radius 3 is 2.62 bits per heavy atom. The van der Waals surface area contributed by atoms with Crippen LogP contribution in [0.1, 0.15) is 12.0 Å². The van der Waals surface area contributed by atoms with Gasteiger partial charge in [-0.15, -0.1) is 12.4 Å². The van der Waals surface area contributed by atoms with Gasteiger partial charge in [-0.05, 0) is 23.4 Å². The lowest BCUT2D eigenvalue weighted by Crippen LogP contribution is -2.47. The van der Waals surface area contributed by atoms with Crippen LogP contribution in [0, 0.1) is 0 Å². The lowest BCUT2D eigenvalue weighted by Gasteiger charge is -2.28. The second kappa shape index (κ2) is 9.02. The maximum absolute atomic E-state index is 12.2. The van der Waals surface area contributed by atoms with E-state index in [1.165, 1.54) is 16.3 Å². The normalized spacial score (nSPS) is 14.7. The van der Waals surface area contributed by atoms with Crippen LogP contribution in [-0.4, -0.2) is 55.5 Å². The molecule has 0 aliphatic carbocycles. The van der Waals surface area contributed by atoms with E-state index in [0.717, 1.165) is 39.3 Å². The fourth-order valence-corrected chi connectivity index (χ4v) is 3.16. The molecule has 0 spiro atoms. The molecule has 1 saturated heterocycles. The largest absolute Gasteiger partial charge is 0.340 e. The summed E-state index contributed by atoms with van der Waals surface area (Å²) in [5.41, 5.74) is 1.32. The summed E-state index contributed by atoms with van der Waals surface area (Å²) in [6.07, 6.45) is 0.598. The number of carbonyl (C=O) groups excluding carboxylic acids is 1. The predicted octanol–water partition coefficient (Wildman–Crippen LogP) is 2.52. The highest BCUT2D eigenvalue weighted by atomic mass is 35.5. The maximum atomic E-state index is 12.2. The number of nitrogens with one attached hydrogen (secondary N) is 1. The zero-order valence-corrected chi connectivity index (χ0v) is 15.0. The molecule has 2 aromatic carbocycles. The summed E-state index contributed by atoms with van der Waals surface area (Å²) in [6.45, 7) is 5.18. The molecule has 1 fully saturated rings. The van der Waals surface area contributed by atoms with E-state index < -0.39 is 0 Å². The number of amides is 1. The van der Waals surface area contributed by atoms with Gasteiger partial charge < -0.3 is 15.1 Å². The quantitative estimate of drug-likeness (QED) is 0.902. The summed E-state index contributed by atoms with van der Waals surface area (Å²) in [5.74, 6) is 0.274. The Balaban J connectivity index is 0.00000208. The van der Waals surface area contributed by atoms with Gasteiger partial charge in [0.25, 0.3) is 0 Å². The summed E-state index contributed by atoms with van der Waals surface area (Å²) >= 11 is 0. The minimum Gasteiger partial charge on any atom is -0.340 e. The lowest BCUT2D eigenvalue weighted by atomic mass is 10.0. The number of hydrogen-bond donors (Lipinski definition) is 1. The fourth-order valence-electron chi connectivity index (χ4n) is 3.16. The minimum absolute atomic E-state index is 0. The molecule has 0 saturated carbocycles. The van der Waals surface area contributed by atoms with E-state index in [1.54, 1.807) is 0 Å². The van der Waals surface area contributed by atoms with Crippen molar-refractivity contribution in [2.75, 3.05) is 39.8 Å². The van der Waals surface area contributed by atoms with Gasteiger partial charge in [0, 0.05) is 45.7 Å². The van der Waals surface area contributed by atoms with Crippen LogP contribution >= 0.6 is 12.4 Å². The van der Waals surface area contributed by atoms with E-state index in [1.807, 2.05) is 4.90 Å².